The van der Waals surface area contributed by atoms with Gasteiger partial charge in [0.15, 0.2) is 17.4 Å². The summed E-state index contributed by atoms with van der Waals surface area (Å²) in [6.45, 7) is 1.86. The summed E-state index contributed by atoms with van der Waals surface area (Å²) in [4.78, 5) is 32.7. The number of imidazole rings is 1. The average Bonchev–Trinajstić information content (AvgIpc) is 3.21. The number of carbonyl (C=O) groups excluding carboxylic acids is 2. The van der Waals surface area contributed by atoms with E-state index in [9.17, 15) is 18.4 Å². The highest BCUT2D eigenvalue weighted by atomic mass is 19.3. The fraction of sp³-hybridized carbons (Fsp3) is 0.412. The van der Waals surface area contributed by atoms with Gasteiger partial charge in [-0.05, 0) is 6.92 Å². The second-order valence-corrected chi connectivity index (χ2v) is 6.65. The molecule has 0 spiro atoms. The van der Waals surface area contributed by atoms with Crippen LogP contribution in [0.4, 0.5) is 25.1 Å². The zero-order valence-electron chi connectivity index (χ0n) is 15.3. The van der Waals surface area contributed by atoms with Crippen LogP contribution < -0.4 is 20.7 Å². The van der Waals surface area contributed by atoms with Crippen LogP contribution >= 0.6 is 0 Å². The first-order valence-electron chi connectivity index (χ1n) is 8.85. The first kappa shape index (κ1) is 18.9. The summed E-state index contributed by atoms with van der Waals surface area (Å²) in [5.74, 6) is 0.311. The quantitative estimate of drug-likeness (QED) is 0.762. The van der Waals surface area contributed by atoms with Crippen molar-refractivity contribution in [3.05, 3.63) is 18.5 Å². The molecule has 12 heteroatoms. The number of primary amides is 1. The Morgan fingerprint density at radius 2 is 2.21 bits per heavy atom. The molecule has 2 atom stereocenters. The van der Waals surface area contributed by atoms with E-state index in [1.807, 2.05) is 0 Å². The van der Waals surface area contributed by atoms with Gasteiger partial charge in [0.1, 0.15) is 31.0 Å². The van der Waals surface area contributed by atoms with Crippen molar-refractivity contribution in [3.63, 3.8) is 0 Å². The molecule has 0 aliphatic carbocycles. The maximum atomic E-state index is 13.3. The molecule has 4 rings (SSSR count). The van der Waals surface area contributed by atoms with E-state index in [2.05, 4.69) is 15.3 Å². The summed E-state index contributed by atoms with van der Waals surface area (Å²) in [5, 5.41) is 2.91. The molecule has 154 valence electrons. The monoisotopic (exact) mass is 408 g/mol. The van der Waals surface area contributed by atoms with Crippen molar-refractivity contribution < 1.29 is 27.8 Å². The second kappa shape index (κ2) is 7.18. The van der Waals surface area contributed by atoms with Crippen LogP contribution in [0.2, 0.25) is 0 Å². The minimum absolute atomic E-state index is 0.0620. The molecule has 0 unspecified atom stereocenters. The molecule has 1 saturated heterocycles. The minimum atomic E-state index is -2.77. The molecule has 10 nitrogen and oxygen atoms in total. The number of ether oxygens (including phenoxy) is 2. The number of nitrogens with two attached hydrogens (primary N) is 1. The van der Waals surface area contributed by atoms with Gasteiger partial charge in [-0.3, -0.25) is 4.79 Å². The highest BCUT2D eigenvalue weighted by molar-refractivity contribution is 5.89. The number of fused-ring (bicyclic) bond motifs is 3. The normalized spacial score (nSPS) is 19.1. The van der Waals surface area contributed by atoms with Crippen molar-refractivity contribution in [1.82, 2.24) is 14.5 Å². The molecule has 3 N–H and O–H groups in total. The van der Waals surface area contributed by atoms with Crippen LogP contribution in [-0.2, 0) is 16.1 Å². The zero-order chi connectivity index (χ0) is 20.7. The molecule has 29 heavy (non-hydrogen) atoms. The van der Waals surface area contributed by atoms with Gasteiger partial charge in [0.25, 0.3) is 6.43 Å². The molecule has 0 aromatic carbocycles. The fourth-order valence-electron chi connectivity index (χ4n) is 3.14. The number of halogens is 2. The summed E-state index contributed by atoms with van der Waals surface area (Å²) in [5.41, 5.74) is 6.16. The number of carbonyl (C=O) groups is 2. The van der Waals surface area contributed by atoms with E-state index in [4.69, 9.17) is 15.2 Å². The third-order valence-electron chi connectivity index (χ3n) is 4.67. The summed E-state index contributed by atoms with van der Waals surface area (Å²) < 4.78 is 38.7. The number of aromatic nitrogens is 3. The van der Waals surface area contributed by atoms with Crippen molar-refractivity contribution in [2.45, 2.75) is 32.0 Å². The van der Waals surface area contributed by atoms with Crippen LogP contribution in [-0.4, -0.2) is 58.3 Å². The number of rotatable bonds is 5. The van der Waals surface area contributed by atoms with Gasteiger partial charge in [0.05, 0.1) is 18.4 Å². The van der Waals surface area contributed by atoms with Gasteiger partial charge >= 0.3 is 6.09 Å². The van der Waals surface area contributed by atoms with E-state index in [0.717, 1.165) is 4.90 Å². The van der Waals surface area contributed by atoms with Crippen LogP contribution in [0.15, 0.2) is 18.5 Å². The highest BCUT2D eigenvalue weighted by Crippen LogP contribution is 2.35. The Hall–Kier alpha value is -3.44. The summed E-state index contributed by atoms with van der Waals surface area (Å²) in [6, 6.07) is -0.355. The van der Waals surface area contributed by atoms with Gasteiger partial charge in [-0.1, -0.05) is 0 Å². The molecule has 2 amide bonds. The third-order valence-corrected chi connectivity index (χ3v) is 4.67. The van der Waals surface area contributed by atoms with Crippen LogP contribution in [0.25, 0.3) is 11.5 Å². The van der Waals surface area contributed by atoms with Crippen molar-refractivity contribution in [2.75, 3.05) is 23.4 Å². The number of pyridine rings is 1. The molecule has 1 fully saturated rings. The average molecular weight is 408 g/mol. The largest absolute Gasteiger partial charge is 0.489 e. The Bertz CT molecular complexity index is 965. The predicted octanol–water partition coefficient (Wildman–Crippen LogP) is 1.21. The number of anilines is 2. The standard InChI is InChI=1S/C17H18F2N6O4/c1-8(15(20)26)22-9-4-11-13(21-5-9)16-23-12(6-24(16)2-3-28-11)25-10(14(18)19)7-29-17(25)27/h4-6,8,10,14,22H,2-3,7H2,1H3,(H2,20,26)/t8-,10-/m0/s1. The molecule has 0 bridgehead atoms. The fourth-order valence-corrected chi connectivity index (χ4v) is 3.14. The van der Waals surface area contributed by atoms with E-state index >= 15 is 0 Å². The Balaban J connectivity index is 1.68. The molecular weight excluding hydrogens is 390 g/mol. The Kier molecular flexibility index (Phi) is 4.68. The Labute approximate surface area is 163 Å². The number of hydrogen-bond acceptors (Lipinski definition) is 7. The zero-order valence-corrected chi connectivity index (χ0v) is 15.3. The predicted molar refractivity (Wildman–Crippen MR) is 96.9 cm³/mol. The van der Waals surface area contributed by atoms with Gasteiger partial charge in [-0.15, -0.1) is 0 Å². The van der Waals surface area contributed by atoms with E-state index in [1.165, 1.54) is 12.4 Å². The highest BCUT2D eigenvalue weighted by Gasteiger charge is 2.42. The second-order valence-electron chi connectivity index (χ2n) is 6.65. The lowest BCUT2D eigenvalue weighted by Crippen LogP contribution is -2.38. The topological polar surface area (TPSA) is 125 Å². The number of alkyl halides is 2. The van der Waals surface area contributed by atoms with Crippen molar-refractivity contribution in [2.24, 2.45) is 5.73 Å². The minimum Gasteiger partial charge on any atom is -0.489 e. The van der Waals surface area contributed by atoms with Gasteiger partial charge < -0.3 is 25.1 Å². The van der Waals surface area contributed by atoms with Crippen molar-refractivity contribution in [3.8, 4) is 17.3 Å². The Morgan fingerprint density at radius 1 is 1.41 bits per heavy atom. The van der Waals surface area contributed by atoms with Gasteiger partial charge in [-0.2, -0.15) is 0 Å². The number of nitrogens with one attached hydrogen (secondary N) is 1. The van der Waals surface area contributed by atoms with Crippen molar-refractivity contribution >= 4 is 23.5 Å². The number of hydrogen-bond donors (Lipinski definition) is 2. The van der Waals surface area contributed by atoms with Crippen molar-refractivity contribution in [1.29, 1.82) is 0 Å². The number of cyclic esters (lactones) is 1. The van der Waals surface area contributed by atoms with Crippen LogP contribution in [0.3, 0.4) is 0 Å². The molecular formula is C17H18F2N6O4. The molecule has 2 aromatic heterocycles. The third kappa shape index (κ3) is 3.41. The van der Waals surface area contributed by atoms with Crippen LogP contribution in [0.1, 0.15) is 6.92 Å². The SMILES string of the molecule is C[C@H](Nc1cnc2c(c1)OCCn1cc(N3C(=O)OC[C@H]3C(F)F)nc1-2)C(N)=O. The van der Waals surface area contributed by atoms with E-state index in [0.29, 0.717) is 29.5 Å². The van der Waals surface area contributed by atoms with Gasteiger partial charge in [-0.25, -0.2) is 28.4 Å². The van der Waals surface area contributed by atoms with Gasteiger partial charge in [0.2, 0.25) is 5.91 Å². The van der Waals surface area contributed by atoms with E-state index in [-0.39, 0.29) is 12.4 Å². The maximum absolute atomic E-state index is 13.3. The lowest BCUT2D eigenvalue weighted by molar-refractivity contribution is -0.118. The number of nitrogens with zero attached hydrogens (tertiary/aromatic N) is 4. The molecule has 4 heterocycles. The smallest absolute Gasteiger partial charge is 0.416 e. The first-order chi connectivity index (χ1) is 13.8. The Morgan fingerprint density at radius 3 is 2.93 bits per heavy atom. The van der Waals surface area contributed by atoms with E-state index in [1.54, 1.807) is 17.6 Å². The molecule has 0 saturated carbocycles. The molecule has 2 aromatic rings. The van der Waals surface area contributed by atoms with Crippen LogP contribution in [0.5, 0.6) is 5.75 Å². The lowest BCUT2D eigenvalue weighted by Gasteiger charge is -2.17. The number of amides is 2. The maximum Gasteiger partial charge on any atom is 0.416 e. The van der Waals surface area contributed by atoms with E-state index < -0.39 is 37.1 Å². The summed E-state index contributed by atoms with van der Waals surface area (Å²) in [7, 11) is 0. The molecule has 2 aliphatic heterocycles. The summed E-state index contributed by atoms with van der Waals surface area (Å²) in [6.07, 6.45) is -0.651. The molecule has 2 aliphatic rings. The van der Waals surface area contributed by atoms with Gasteiger partial charge in [0, 0.05) is 12.3 Å². The van der Waals surface area contributed by atoms with Crippen LogP contribution in [0, 0.1) is 0 Å². The first-order valence-corrected chi connectivity index (χ1v) is 8.85. The lowest BCUT2D eigenvalue weighted by atomic mass is 10.2. The molecule has 0 radical (unpaired) electrons. The summed E-state index contributed by atoms with van der Waals surface area (Å²) >= 11 is 0.